The molecule has 0 bridgehead atoms. The van der Waals surface area contributed by atoms with Crippen molar-refractivity contribution in [1.82, 2.24) is 24.4 Å². The summed E-state index contributed by atoms with van der Waals surface area (Å²) in [7, 11) is -3.93. The van der Waals surface area contributed by atoms with E-state index in [0.717, 1.165) is 14.3 Å². The SMILES string of the molecule is CC(C)(C)OC(=O)NC(C(=O)N1Cc2cn(S(=O)(=O)c3ccc4ncsc4c3)nc2C1)c1ccccc1Cl. The summed E-state index contributed by atoms with van der Waals surface area (Å²) in [5.41, 5.74) is 3.08. The third-order valence-electron chi connectivity index (χ3n) is 5.84. The van der Waals surface area contributed by atoms with Gasteiger partial charge in [-0.05, 0) is 45.0 Å². The van der Waals surface area contributed by atoms with E-state index in [0.29, 0.717) is 21.8 Å². The molecule has 13 heteroatoms. The molecule has 0 saturated heterocycles. The first-order valence-electron chi connectivity index (χ1n) is 11.6. The molecule has 1 N–H and O–H groups in total. The first-order chi connectivity index (χ1) is 17.9. The number of hydrogen-bond acceptors (Lipinski definition) is 8. The van der Waals surface area contributed by atoms with Gasteiger partial charge in [-0.3, -0.25) is 4.79 Å². The number of fused-ring (bicyclic) bond motifs is 2. The van der Waals surface area contributed by atoms with Gasteiger partial charge < -0.3 is 15.0 Å². The van der Waals surface area contributed by atoms with Crippen molar-refractivity contribution in [2.75, 3.05) is 0 Å². The maximum absolute atomic E-state index is 13.6. The lowest BCUT2D eigenvalue weighted by molar-refractivity contribution is -0.134. The van der Waals surface area contributed by atoms with Crippen LogP contribution in [0, 0.1) is 0 Å². The molecule has 0 radical (unpaired) electrons. The van der Waals surface area contributed by atoms with Crippen molar-refractivity contribution in [1.29, 1.82) is 0 Å². The molecule has 1 aliphatic heterocycles. The summed E-state index contributed by atoms with van der Waals surface area (Å²) < 4.78 is 33.5. The first-order valence-corrected chi connectivity index (χ1v) is 14.3. The maximum Gasteiger partial charge on any atom is 0.408 e. The minimum atomic E-state index is -3.93. The Balaban J connectivity index is 1.37. The molecule has 2 aromatic heterocycles. The van der Waals surface area contributed by atoms with E-state index in [1.807, 2.05) is 0 Å². The monoisotopic (exact) mass is 573 g/mol. The van der Waals surface area contributed by atoms with Crippen LogP contribution in [0.15, 0.2) is 59.1 Å². The molecule has 0 fully saturated rings. The number of aromatic nitrogens is 3. The number of carbonyl (C=O) groups excluding carboxylic acids is 2. The van der Waals surface area contributed by atoms with Crippen molar-refractivity contribution in [2.24, 2.45) is 0 Å². The number of alkyl carbamates (subject to hydrolysis) is 1. The van der Waals surface area contributed by atoms with Gasteiger partial charge in [-0.1, -0.05) is 29.8 Å². The summed E-state index contributed by atoms with van der Waals surface area (Å²) in [6, 6.07) is 10.3. The highest BCUT2D eigenvalue weighted by Crippen LogP contribution is 2.30. The highest BCUT2D eigenvalue weighted by Gasteiger charge is 2.35. The summed E-state index contributed by atoms with van der Waals surface area (Å²) >= 11 is 7.72. The third kappa shape index (κ3) is 5.11. The Morgan fingerprint density at radius 3 is 2.63 bits per heavy atom. The Bertz CT molecular complexity index is 1630. The summed E-state index contributed by atoms with van der Waals surface area (Å²) in [6.07, 6.45) is 0.655. The van der Waals surface area contributed by atoms with E-state index in [2.05, 4.69) is 15.4 Å². The Morgan fingerprint density at radius 1 is 1.16 bits per heavy atom. The number of amides is 2. The molecule has 0 spiro atoms. The zero-order chi connectivity index (χ0) is 27.2. The second-order valence-electron chi connectivity index (χ2n) is 9.76. The van der Waals surface area contributed by atoms with Gasteiger partial charge in [-0.25, -0.2) is 9.78 Å². The fourth-order valence-electron chi connectivity index (χ4n) is 4.10. The second kappa shape index (κ2) is 9.68. The topological polar surface area (TPSA) is 123 Å². The van der Waals surface area contributed by atoms with E-state index in [1.54, 1.807) is 62.7 Å². The van der Waals surface area contributed by atoms with Crippen LogP contribution in [0.4, 0.5) is 4.79 Å². The molecular formula is C25H24ClN5O5S2. The molecule has 2 amide bonds. The third-order valence-corrected chi connectivity index (χ3v) is 8.51. The van der Waals surface area contributed by atoms with Gasteiger partial charge in [-0.2, -0.15) is 17.6 Å². The van der Waals surface area contributed by atoms with Gasteiger partial charge in [0, 0.05) is 28.9 Å². The van der Waals surface area contributed by atoms with E-state index >= 15 is 0 Å². The standard InChI is InChI=1S/C25H24ClN5O5S2/c1-25(2,3)36-24(33)28-22(17-6-4-5-7-18(17)26)23(32)30-11-15-12-31(29-20(15)13-30)38(34,35)16-8-9-19-21(10-16)37-14-27-19/h4-10,12,14,22H,11,13H2,1-3H3,(H,28,33). The molecule has 38 heavy (non-hydrogen) atoms. The lowest BCUT2D eigenvalue weighted by atomic mass is 10.1. The van der Waals surface area contributed by atoms with Crippen LogP contribution in [0.5, 0.6) is 0 Å². The normalized spacial score (nSPS) is 14.4. The number of thiazole rings is 1. The number of rotatable bonds is 5. The first kappa shape index (κ1) is 26.1. The molecule has 5 rings (SSSR count). The molecule has 1 aliphatic rings. The van der Waals surface area contributed by atoms with Gasteiger partial charge in [-0.15, -0.1) is 11.3 Å². The van der Waals surface area contributed by atoms with Crippen molar-refractivity contribution in [3.63, 3.8) is 0 Å². The molecule has 3 heterocycles. The summed E-state index contributed by atoms with van der Waals surface area (Å²) in [4.78, 5) is 31.9. The van der Waals surface area contributed by atoms with E-state index in [1.165, 1.54) is 28.5 Å². The smallest absolute Gasteiger partial charge is 0.408 e. The van der Waals surface area contributed by atoms with Crippen molar-refractivity contribution >= 4 is 55.2 Å². The highest BCUT2D eigenvalue weighted by atomic mass is 35.5. The maximum atomic E-state index is 13.6. The zero-order valence-electron chi connectivity index (χ0n) is 20.7. The number of ether oxygens (including phenoxy) is 1. The lowest BCUT2D eigenvalue weighted by Crippen LogP contribution is -2.43. The molecule has 1 unspecified atom stereocenters. The van der Waals surface area contributed by atoms with Gasteiger partial charge in [0.1, 0.15) is 11.6 Å². The Kier molecular flexibility index (Phi) is 6.66. The van der Waals surface area contributed by atoms with Gasteiger partial charge >= 0.3 is 6.09 Å². The van der Waals surface area contributed by atoms with Crippen molar-refractivity contribution in [3.05, 3.63) is 76.0 Å². The zero-order valence-corrected chi connectivity index (χ0v) is 23.1. The van der Waals surface area contributed by atoms with Gasteiger partial charge in [0.25, 0.3) is 15.9 Å². The predicted octanol–water partition coefficient (Wildman–Crippen LogP) is 4.49. The van der Waals surface area contributed by atoms with E-state index in [9.17, 15) is 18.0 Å². The van der Waals surface area contributed by atoms with Crippen LogP contribution in [0.25, 0.3) is 10.2 Å². The highest BCUT2D eigenvalue weighted by molar-refractivity contribution is 7.89. The van der Waals surface area contributed by atoms with Gasteiger partial charge in [0.15, 0.2) is 0 Å². The van der Waals surface area contributed by atoms with E-state index in [-0.39, 0.29) is 18.0 Å². The van der Waals surface area contributed by atoms with E-state index < -0.39 is 33.7 Å². The molecular weight excluding hydrogens is 550 g/mol. The molecule has 10 nitrogen and oxygen atoms in total. The van der Waals surface area contributed by atoms with Crippen LogP contribution in [-0.4, -0.2) is 45.1 Å². The minimum Gasteiger partial charge on any atom is -0.444 e. The fraction of sp³-hybridized carbons (Fsp3) is 0.280. The second-order valence-corrected chi connectivity index (χ2v) is 12.8. The fourth-order valence-corrected chi connectivity index (χ4v) is 6.33. The van der Waals surface area contributed by atoms with Crippen molar-refractivity contribution in [2.45, 2.75) is 50.4 Å². The molecule has 0 aliphatic carbocycles. The van der Waals surface area contributed by atoms with Gasteiger partial charge in [0.05, 0.1) is 32.9 Å². The summed E-state index contributed by atoms with van der Waals surface area (Å²) in [5.74, 6) is -0.424. The quantitative estimate of drug-likeness (QED) is 0.373. The molecule has 0 saturated carbocycles. The molecule has 2 aromatic carbocycles. The molecule has 1 atom stereocenters. The molecule has 4 aromatic rings. The average Bonchev–Trinajstić information content (AvgIpc) is 3.56. The van der Waals surface area contributed by atoms with Crippen LogP contribution >= 0.6 is 22.9 Å². The van der Waals surface area contributed by atoms with Crippen LogP contribution in [-0.2, 0) is 32.6 Å². The Labute approximate surface area is 228 Å². The van der Waals surface area contributed by atoms with Crippen LogP contribution in [0.1, 0.15) is 43.6 Å². The minimum absolute atomic E-state index is 0.0709. The number of nitrogens with zero attached hydrogens (tertiary/aromatic N) is 4. The molecule has 198 valence electrons. The number of hydrogen-bond donors (Lipinski definition) is 1. The Hall–Kier alpha value is -3.48. The summed E-state index contributed by atoms with van der Waals surface area (Å²) in [6.45, 7) is 5.36. The largest absolute Gasteiger partial charge is 0.444 e. The van der Waals surface area contributed by atoms with Crippen LogP contribution in [0.3, 0.4) is 0 Å². The number of halogens is 1. The van der Waals surface area contributed by atoms with Crippen LogP contribution in [0.2, 0.25) is 5.02 Å². The van der Waals surface area contributed by atoms with Gasteiger partial charge in [0.2, 0.25) is 0 Å². The number of nitrogens with one attached hydrogen (secondary N) is 1. The van der Waals surface area contributed by atoms with Crippen molar-refractivity contribution < 1.29 is 22.7 Å². The Morgan fingerprint density at radius 2 is 1.92 bits per heavy atom. The van der Waals surface area contributed by atoms with Crippen LogP contribution < -0.4 is 5.32 Å². The number of benzene rings is 2. The lowest BCUT2D eigenvalue weighted by Gasteiger charge is -2.27. The van der Waals surface area contributed by atoms with Crippen molar-refractivity contribution in [3.8, 4) is 0 Å². The summed E-state index contributed by atoms with van der Waals surface area (Å²) in [5, 5.41) is 7.23. The average molecular weight is 574 g/mol. The predicted molar refractivity (Wildman–Crippen MR) is 142 cm³/mol. The number of carbonyl (C=O) groups is 2. The van der Waals surface area contributed by atoms with E-state index in [4.69, 9.17) is 16.3 Å².